The summed E-state index contributed by atoms with van der Waals surface area (Å²) in [5.74, 6) is -0.404. The molecular formula is C12H17Cl2FN2O2. The number of carbonyl (C=O) groups excluding carboxylic acids is 1. The van der Waals surface area contributed by atoms with E-state index in [1.54, 1.807) is 14.0 Å². The lowest BCUT2D eigenvalue weighted by atomic mass is 10.3. The van der Waals surface area contributed by atoms with E-state index in [1.807, 2.05) is 0 Å². The molecule has 1 rings (SSSR count). The Kier molecular flexibility index (Phi) is 8.47. The van der Waals surface area contributed by atoms with Gasteiger partial charge < -0.3 is 15.4 Å². The number of halogens is 3. The van der Waals surface area contributed by atoms with E-state index in [9.17, 15) is 9.18 Å². The van der Waals surface area contributed by atoms with Gasteiger partial charge in [-0.1, -0.05) is 11.6 Å². The molecule has 0 aliphatic rings. The Balaban J connectivity index is 0.00000324. The van der Waals surface area contributed by atoms with Crippen LogP contribution in [0.3, 0.4) is 0 Å². The molecule has 4 nitrogen and oxygen atoms in total. The Bertz CT molecular complexity index is 419. The van der Waals surface area contributed by atoms with Crippen molar-refractivity contribution in [1.82, 2.24) is 10.6 Å². The smallest absolute Gasteiger partial charge is 0.260 e. The summed E-state index contributed by atoms with van der Waals surface area (Å²) >= 11 is 5.80. The first-order valence-corrected chi connectivity index (χ1v) is 5.96. The van der Waals surface area contributed by atoms with Crippen LogP contribution in [-0.4, -0.2) is 32.1 Å². The third kappa shape index (κ3) is 6.09. The SMILES string of the molecule is CNCCNC(=O)C(C)Oc1ccc(F)cc1Cl.Cl. The maximum Gasteiger partial charge on any atom is 0.260 e. The molecular weight excluding hydrogens is 294 g/mol. The fraction of sp³-hybridized carbons (Fsp3) is 0.417. The van der Waals surface area contributed by atoms with Crippen molar-refractivity contribution in [3.8, 4) is 5.75 Å². The highest BCUT2D eigenvalue weighted by Crippen LogP contribution is 2.25. The molecule has 0 aliphatic heterocycles. The topological polar surface area (TPSA) is 50.4 Å². The average Bonchev–Trinajstić information content (AvgIpc) is 2.32. The van der Waals surface area contributed by atoms with Crippen molar-refractivity contribution < 1.29 is 13.9 Å². The second-order valence-corrected chi connectivity index (χ2v) is 4.14. The second kappa shape index (κ2) is 8.96. The lowest BCUT2D eigenvalue weighted by Crippen LogP contribution is -2.39. The minimum atomic E-state index is -0.690. The van der Waals surface area contributed by atoms with Crippen LogP contribution < -0.4 is 15.4 Å². The first kappa shape index (κ1) is 18.0. The first-order chi connectivity index (χ1) is 8.54. The summed E-state index contributed by atoms with van der Waals surface area (Å²) in [6.45, 7) is 2.80. The standard InChI is InChI=1S/C12H16ClFN2O2.ClH/c1-8(12(17)16-6-5-15-2)18-11-4-3-9(14)7-10(11)13;/h3-4,7-8,15H,5-6H2,1-2H3,(H,16,17);1H. The maximum absolute atomic E-state index is 12.8. The van der Waals surface area contributed by atoms with Crippen LogP contribution >= 0.6 is 24.0 Å². The van der Waals surface area contributed by atoms with Gasteiger partial charge in [0.25, 0.3) is 5.91 Å². The van der Waals surface area contributed by atoms with Gasteiger partial charge in [0, 0.05) is 13.1 Å². The van der Waals surface area contributed by atoms with Gasteiger partial charge in [-0.3, -0.25) is 4.79 Å². The lowest BCUT2D eigenvalue weighted by Gasteiger charge is -2.15. The quantitative estimate of drug-likeness (QED) is 0.790. The summed E-state index contributed by atoms with van der Waals surface area (Å²) in [6.07, 6.45) is -0.690. The molecule has 108 valence electrons. The Labute approximate surface area is 123 Å². The zero-order valence-electron chi connectivity index (χ0n) is 10.7. The van der Waals surface area contributed by atoms with E-state index in [0.717, 1.165) is 6.07 Å². The number of hydrogen-bond acceptors (Lipinski definition) is 3. The highest BCUT2D eigenvalue weighted by atomic mass is 35.5. The van der Waals surface area contributed by atoms with Crippen LogP contribution in [0.1, 0.15) is 6.92 Å². The van der Waals surface area contributed by atoms with Crippen LogP contribution in [0.2, 0.25) is 5.02 Å². The van der Waals surface area contributed by atoms with Gasteiger partial charge in [0.05, 0.1) is 5.02 Å². The molecule has 0 saturated carbocycles. The molecule has 0 aromatic heterocycles. The Hall–Kier alpha value is -1.04. The second-order valence-electron chi connectivity index (χ2n) is 3.73. The van der Waals surface area contributed by atoms with Gasteiger partial charge in [-0.15, -0.1) is 12.4 Å². The zero-order chi connectivity index (χ0) is 13.5. The van der Waals surface area contributed by atoms with Gasteiger partial charge in [0.2, 0.25) is 0 Å². The van der Waals surface area contributed by atoms with Crippen LogP contribution in [-0.2, 0) is 4.79 Å². The maximum atomic E-state index is 12.8. The average molecular weight is 311 g/mol. The predicted octanol–water partition coefficient (Wildman–Crippen LogP) is 2.00. The van der Waals surface area contributed by atoms with E-state index in [0.29, 0.717) is 13.1 Å². The summed E-state index contributed by atoms with van der Waals surface area (Å²) in [6, 6.07) is 3.77. The van der Waals surface area contributed by atoms with E-state index in [-0.39, 0.29) is 29.1 Å². The summed E-state index contributed by atoms with van der Waals surface area (Å²) in [4.78, 5) is 11.6. The molecule has 0 bridgehead atoms. The van der Waals surface area contributed by atoms with Gasteiger partial charge in [0.15, 0.2) is 6.10 Å². The molecule has 1 amide bonds. The van der Waals surface area contributed by atoms with Crippen LogP contribution in [0.15, 0.2) is 18.2 Å². The molecule has 2 N–H and O–H groups in total. The molecule has 1 aromatic rings. The van der Waals surface area contributed by atoms with Crippen molar-refractivity contribution in [2.45, 2.75) is 13.0 Å². The van der Waals surface area contributed by atoms with Gasteiger partial charge in [-0.05, 0) is 32.2 Å². The van der Waals surface area contributed by atoms with Crippen molar-refractivity contribution in [2.75, 3.05) is 20.1 Å². The van der Waals surface area contributed by atoms with Crippen LogP contribution in [0.25, 0.3) is 0 Å². The highest BCUT2D eigenvalue weighted by Gasteiger charge is 2.15. The fourth-order valence-electron chi connectivity index (χ4n) is 1.27. The normalized spacial score (nSPS) is 11.4. The van der Waals surface area contributed by atoms with Gasteiger partial charge in [0.1, 0.15) is 11.6 Å². The molecule has 0 heterocycles. The van der Waals surface area contributed by atoms with Crippen molar-refractivity contribution in [3.05, 3.63) is 29.0 Å². The molecule has 19 heavy (non-hydrogen) atoms. The van der Waals surface area contributed by atoms with Crippen molar-refractivity contribution in [1.29, 1.82) is 0 Å². The molecule has 1 unspecified atom stereocenters. The summed E-state index contributed by atoms with van der Waals surface area (Å²) < 4.78 is 18.2. The number of likely N-dealkylation sites (N-methyl/N-ethyl adjacent to an activating group) is 1. The number of hydrogen-bond donors (Lipinski definition) is 2. The third-order valence-corrected chi connectivity index (χ3v) is 2.54. The van der Waals surface area contributed by atoms with E-state index in [2.05, 4.69) is 10.6 Å². The molecule has 1 aromatic carbocycles. The van der Waals surface area contributed by atoms with Gasteiger partial charge in [-0.2, -0.15) is 0 Å². The summed E-state index contributed by atoms with van der Waals surface area (Å²) in [7, 11) is 1.80. The van der Waals surface area contributed by atoms with Crippen LogP contribution in [0, 0.1) is 5.82 Å². The van der Waals surface area contributed by atoms with Gasteiger partial charge >= 0.3 is 0 Å². The number of carbonyl (C=O) groups is 1. The minimum Gasteiger partial charge on any atom is -0.479 e. The molecule has 0 fully saturated rings. The minimum absolute atomic E-state index is 0. The Morgan fingerprint density at radius 1 is 1.47 bits per heavy atom. The zero-order valence-corrected chi connectivity index (χ0v) is 12.3. The van der Waals surface area contributed by atoms with E-state index >= 15 is 0 Å². The summed E-state index contributed by atoms with van der Waals surface area (Å²) in [5, 5.41) is 5.74. The Morgan fingerprint density at radius 3 is 2.74 bits per heavy atom. The van der Waals surface area contributed by atoms with Gasteiger partial charge in [-0.25, -0.2) is 4.39 Å². The number of amides is 1. The molecule has 1 atom stereocenters. The molecule has 7 heteroatoms. The summed E-state index contributed by atoms with van der Waals surface area (Å²) in [5.41, 5.74) is 0. The first-order valence-electron chi connectivity index (χ1n) is 5.58. The molecule has 0 saturated heterocycles. The number of rotatable bonds is 6. The monoisotopic (exact) mass is 310 g/mol. The molecule has 0 spiro atoms. The largest absolute Gasteiger partial charge is 0.479 e. The number of ether oxygens (including phenoxy) is 1. The van der Waals surface area contributed by atoms with Crippen molar-refractivity contribution in [2.24, 2.45) is 0 Å². The van der Waals surface area contributed by atoms with Crippen LogP contribution in [0.4, 0.5) is 4.39 Å². The number of nitrogens with one attached hydrogen (secondary N) is 2. The fourth-order valence-corrected chi connectivity index (χ4v) is 1.48. The van der Waals surface area contributed by atoms with Crippen molar-refractivity contribution >= 4 is 29.9 Å². The lowest BCUT2D eigenvalue weighted by molar-refractivity contribution is -0.127. The molecule has 0 aliphatic carbocycles. The van der Waals surface area contributed by atoms with E-state index in [4.69, 9.17) is 16.3 Å². The van der Waals surface area contributed by atoms with Crippen LogP contribution in [0.5, 0.6) is 5.75 Å². The van der Waals surface area contributed by atoms with E-state index < -0.39 is 11.9 Å². The molecule has 0 radical (unpaired) electrons. The Morgan fingerprint density at radius 2 is 2.16 bits per heavy atom. The van der Waals surface area contributed by atoms with Crippen molar-refractivity contribution in [3.63, 3.8) is 0 Å². The predicted molar refractivity (Wildman–Crippen MR) is 75.7 cm³/mol. The highest BCUT2D eigenvalue weighted by molar-refractivity contribution is 6.32. The number of benzene rings is 1. The van der Waals surface area contributed by atoms with E-state index in [1.165, 1.54) is 12.1 Å². The third-order valence-electron chi connectivity index (χ3n) is 2.24.